The van der Waals surface area contributed by atoms with Gasteiger partial charge in [0.1, 0.15) is 0 Å². The first kappa shape index (κ1) is 8.86. The fourth-order valence-corrected chi connectivity index (χ4v) is 1.92. The van der Waals surface area contributed by atoms with E-state index in [1.54, 1.807) is 0 Å². The van der Waals surface area contributed by atoms with Crippen molar-refractivity contribution >= 4 is 10.9 Å². The minimum absolute atomic E-state index is 0.543. The zero-order valence-corrected chi connectivity index (χ0v) is 8.70. The van der Waals surface area contributed by atoms with E-state index in [1.807, 2.05) is 25.1 Å². The van der Waals surface area contributed by atoms with Gasteiger partial charge in [-0.25, -0.2) is 0 Å². The van der Waals surface area contributed by atoms with Crippen molar-refractivity contribution in [3.63, 3.8) is 0 Å². The van der Waals surface area contributed by atoms with Gasteiger partial charge >= 0.3 is 0 Å². The molecule has 1 aliphatic carbocycles. The molecule has 15 heavy (non-hydrogen) atoms. The first-order valence-corrected chi connectivity index (χ1v) is 5.28. The lowest BCUT2D eigenvalue weighted by Gasteiger charge is -2.08. The Morgan fingerprint density at radius 1 is 1.20 bits per heavy atom. The SMILES string of the molecule is Cc1ccc2cc(C3(O)CC3)ccc2n1. The summed E-state index contributed by atoms with van der Waals surface area (Å²) < 4.78 is 0. The fourth-order valence-electron chi connectivity index (χ4n) is 1.92. The predicted octanol–water partition coefficient (Wildman–Crippen LogP) is 2.52. The fraction of sp³-hybridized carbons (Fsp3) is 0.308. The molecule has 2 nitrogen and oxygen atoms in total. The van der Waals surface area contributed by atoms with Gasteiger partial charge in [-0.15, -0.1) is 0 Å². The molecular weight excluding hydrogens is 186 g/mol. The molecule has 0 bridgehead atoms. The second-order valence-corrected chi connectivity index (χ2v) is 4.39. The average Bonchev–Trinajstić information content (AvgIpc) is 2.97. The van der Waals surface area contributed by atoms with Crippen LogP contribution in [0.15, 0.2) is 30.3 Å². The number of fused-ring (bicyclic) bond motifs is 1. The summed E-state index contributed by atoms with van der Waals surface area (Å²) in [4.78, 5) is 4.44. The van der Waals surface area contributed by atoms with E-state index in [0.29, 0.717) is 0 Å². The Labute approximate surface area is 88.6 Å². The van der Waals surface area contributed by atoms with E-state index in [2.05, 4.69) is 17.1 Å². The van der Waals surface area contributed by atoms with Crippen molar-refractivity contribution in [1.82, 2.24) is 4.98 Å². The topological polar surface area (TPSA) is 33.1 Å². The zero-order chi connectivity index (χ0) is 10.5. The van der Waals surface area contributed by atoms with E-state index < -0.39 is 5.60 Å². The smallest absolute Gasteiger partial charge is 0.0899 e. The van der Waals surface area contributed by atoms with Crippen LogP contribution in [0.3, 0.4) is 0 Å². The van der Waals surface area contributed by atoms with Crippen LogP contribution in [0, 0.1) is 6.92 Å². The molecule has 2 heteroatoms. The highest BCUT2D eigenvalue weighted by atomic mass is 16.3. The molecule has 76 valence electrons. The van der Waals surface area contributed by atoms with Gasteiger partial charge in [0.2, 0.25) is 0 Å². The lowest BCUT2D eigenvalue weighted by atomic mass is 10.0. The number of nitrogens with zero attached hydrogens (tertiary/aromatic N) is 1. The van der Waals surface area contributed by atoms with Gasteiger partial charge in [-0.3, -0.25) is 4.98 Å². The third-order valence-corrected chi connectivity index (χ3v) is 3.09. The Morgan fingerprint density at radius 2 is 2.00 bits per heavy atom. The van der Waals surface area contributed by atoms with Crippen molar-refractivity contribution in [1.29, 1.82) is 0 Å². The van der Waals surface area contributed by atoms with Gasteiger partial charge in [0, 0.05) is 11.1 Å². The summed E-state index contributed by atoms with van der Waals surface area (Å²) in [6, 6.07) is 10.1. The number of rotatable bonds is 1. The Bertz CT molecular complexity index is 529. The van der Waals surface area contributed by atoms with Crippen molar-refractivity contribution in [3.05, 3.63) is 41.6 Å². The maximum Gasteiger partial charge on any atom is 0.0899 e. The van der Waals surface area contributed by atoms with Crippen LogP contribution < -0.4 is 0 Å². The quantitative estimate of drug-likeness (QED) is 0.765. The molecular formula is C13H13NO. The van der Waals surface area contributed by atoms with E-state index in [4.69, 9.17) is 0 Å². The molecule has 1 saturated carbocycles. The van der Waals surface area contributed by atoms with Gasteiger partial charge in [-0.2, -0.15) is 0 Å². The van der Waals surface area contributed by atoms with Crippen LogP contribution in [0.4, 0.5) is 0 Å². The second kappa shape index (κ2) is 2.80. The van der Waals surface area contributed by atoms with Gasteiger partial charge < -0.3 is 5.11 Å². The van der Waals surface area contributed by atoms with Crippen molar-refractivity contribution in [2.45, 2.75) is 25.4 Å². The molecule has 1 heterocycles. The van der Waals surface area contributed by atoms with E-state index in [-0.39, 0.29) is 0 Å². The number of benzene rings is 1. The average molecular weight is 199 g/mol. The molecule has 1 aromatic heterocycles. The third kappa shape index (κ3) is 1.41. The normalized spacial score (nSPS) is 18.0. The Balaban J connectivity index is 2.18. The van der Waals surface area contributed by atoms with Crippen LogP contribution in [-0.2, 0) is 5.60 Å². The highest BCUT2D eigenvalue weighted by Gasteiger charge is 2.42. The van der Waals surface area contributed by atoms with Crippen molar-refractivity contribution < 1.29 is 5.11 Å². The van der Waals surface area contributed by atoms with Crippen LogP contribution >= 0.6 is 0 Å². The Morgan fingerprint density at radius 3 is 2.73 bits per heavy atom. The van der Waals surface area contributed by atoms with Gasteiger partial charge in [-0.1, -0.05) is 12.1 Å². The molecule has 0 spiro atoms. The summed E-state index contributed by atoms with van der Waals surface area (Å²) in [6.07, 6.45) is 1.77. The van der Waals surface area contributed by atoms with E-state index in [9.17, 15) is 5.11 Å². The van der Waals surface area contributed by atoms with E-state index in [0.717, 1.165) is 35.0 Å². The maximum atomic E-state index is 9.99. The van der Waals surface area contributed by atoms with Gasteiger partial charge in [0.15, 0.2) is 0 Å². The summed E-state index contributed by atoms with van der Waals surface area (Å²) in [7, 11) is 0. The summed E-state index contributed by atoms with van der Waals surface area (Å²) in [5.41, 5.74) is 2.52. The molecule has 1 N–H and O–H groups in total. The number of aliphatic hydroxyl groups is 1. The molecule has 0 saturated heterocycles. The largest absolute Gasteiger partial charge is 0.385 e. The first-order valence-electron chi connectivity index (χ1n) is 5.28. The number of pyridine rings is 1. The van der Waals surface area contributed by atoms with Crippen molar-refractivity contribution in [3.8, 4) is 0 Å². The minimum atomic E-state index is -0.543. The standard InChI is InChI=1S/C13H13NO/c1-9-2-3-10-8-11(13(15)6-7-13)4-5-12(10)14-9/h2-5,8,15H,6-7H2,1H3. The van der Waals surface area contributed by atoms with Crippen molar-refractivity contribution in [2.24, 2.45) is 0 Å². The lowest BCUT2D eigenvalue weighted by molar-refractivity contribution is 0.151. The van der Waals surface area contributed by atoms with Crippen LogP contribution in [0.5, 0.6) is 0 Å². The number of hydrogen-bond acceptors (Lipinski definition) is 2. The van der Waals surface area contributed by atoms with Crippen LogP contribution in [-0.4, -0.2) is 10.1 Å². The summed E-state index contributed by atoms with van der Waals surface area (Å²) in [6.45, 7) is 1.99. The zero-order valence-electron chi connectivity index (χ0n) is 8.70. The van der Waals surface area contributed by atoms with Gasteiger partial charge in [0.05, 0.1) is 11.1 Å². The number of aromatic nitrogens is 1. The molecule has 0 atom stereocenters. The predicted molar refractivity (Wildman–Crippen MR) is 59.6 cm³/mol. The molecule has 0 unspecified atom stereocenters. The van der Waals surface area contributed by atoms with Gasteiger partial charge in [-0.05, 0) is 43.5 Å². The molecule has 1 fully saturated rings. The highest BCUT2D eigenvalue weighted by molar-refractivity contribution is 5.79. The van der Waals surface area contributed by atoms with Crippen molar-refractivity contribution in [2.75, 3.05) is 0 Å². The summed E-state index contributed by atoms with van der Waals surface area (Å²) >= 11 is 0. The summed E-state index contributed by atoms with van der Waals surface area (Å²) in [5, 5.41) is 11.1. The monoisotopic (exact) mass is 199 g/mol. The van der Waals surface area contributed by atoms with Crippen LogP contribution in [0.25, 0.3) is 10.9 Å². The molecule has 1 aromatic carbocycles. The minimum Gasteiger partial charge on any atom is -0.385 e. The summed E-state index contributed by atoms with van der Waals surface area (Å²) in [5.74, 6) is 0. The molecule has 2 aromatic rings. The Hall–Kier alpha value is -1.41. The molecule has 0 radical (unpaired) electrons. The van der Waals surface area contributed by atoms with E-state index >= 15 is 0 Å². The van der Waals surface area contributed by atoms with Gasteiger partial charge in [0.25, 0.3) is 0 Å². The first-order chi connectivity index (χ1) is 7.17. The molecule has 0 amide bonds. The highest BCUT2D eigenvalue weighted by Crippen LogP contribution is 2.45. The number of hydrogen-bond donors (Lipinski definition) is 1. The van der Waals surface area contributed by atoms with Crippen LogP contribution in [0.2, 0.25) is 0 Å². The molecule has 0 aliphatic heterocycles. The molecule has 1 aliphatic rings. The number of aryl methyl sites for hydroxylation is 1. The third-order valence-electron chi connectivity index (χ3n) is 3.09. The lowest BCUT2D eigenvalue weighted by Crippen LogP contribution is -2.03. The van der Waals surface area contributed by atoms with Crippen LogP contribution in [0.1, 0.15) is 24.1 Å². The maximum absolute atomic E-state index is 9.99. The molecule has 3 rings (SSSR count). The Kier molecular flexibility index (Phi) is 1.65. The second-order valence-electron chi connectivity index (χ2n) is 4.39. The van der Waals surface area contributed by atoms with E-state index in [1.165, 1.54) is 0 Å².